The van der Waals surface area contributed by atoms with Crippen molar-refractivity contribution in [1.29, 1.82) is 0 Å². The van der Waals surface area contributed by atoms with Gasteiger partial charge in [-0.3, -0.25) is 0 Å². The molecule has 20 heavy (non-hydrogen) atoms. The molecule has 1 unspecified atom stereocenters. The lowest BCUT2D eigenvalue weighted by Gasteiger charge is -2.18. The first-order valence-corrected chi connectivity index (χ1v) is 6.39. The predicted octanol–water partition coefficient (Wildman–Crippen LogP) is 4.69. The summed E-state index contributed by atoms with van der Waals surface area (Å²) in [5, 5.41) is 10.1. The van der Waals surface area contributed by atoms with Gasteiger partial charge in [0.25, 0.3) is 0 Å². The molecular formula is C14H9BrF4O. The van der Waals surface area contributed by atoms with Crippen LogP contribution in [0.15, 0.2) is 46.9 Å². The molecule has 0 saturated heterocycles. The maximum absolute atomic E-state index is 13.7. The molecule has 0 amide bonds. The maximum Gasteiger partial charge on any atom is 0.416 e. The maximum atomic E-state index is 13.7. The third-order valence-electron chi connectivity index (χ3n) is 2.81. The van der Waals surface area contributed by atoms with E-state index in [9.17, 15) is 22.7 Å². The van der Waals surface area contributed by atoms with Crippen molar-refractivity contribution in [2.45, 2.75) is 12.3 Å². The van der Waals surface area contributed by atoms with Gasteiger partial charge in [0.15, 0.2) is 0 Å². The van der Waals surface area contributed by atoms with E-state index in [0.29, 0.717) is 4.47 Å². The van der Waals surface area contributed by atoms with Crippen molar-refractivity contribution in [1.82, 2.24) is 0 Å². The SMILES string of the molecule is OC(c1cc(Br)ccc1F)c1ccccc1C(F)(F)F. The lowest BCUT2D eigenvalue weighted by molar-refractivity contribution is -0.139. The average Bonchev–Trinajstić information content (AvgIpc) is 2.40. The molecule has 0 aliphatic heterocycles. The second-order valence-corrected chi connectivity index (χ2v) is 5.07. The van der Waals surface area contributed by atoms with E-state index in [0.717, 1.165) is 18.2 Å². The summed E-state index contributed by atoms with van der Waals surface area (Å²) >= 11 is 3.10. The molecule has 0 bridgehead atoms. The van der Waals surface area contributed by atoms with Crippen molar-refractivity contribution in [3.63, 3.8) is 0 Å². The van der Waals surface area contributed by atoms with Crippen molar-refractivity contribution in [3.8, 4) is 0 Å². The summed E-state index contributed by atoms with van der Waals surface area (Å²) in [6.45, 7) is 0. The van der Waals surface area contributed by atoms with Crippen LogP contribution in [0.2, 0.25) is 0 Å². The lowest BCUT2D eigenvalue weighted by atomic mass is 9.96. The molecule has 0 aromatic heterocycles. The number of halogens is 5. The Bertz CT molecular complexity index is 625. The fraction of sp³-hybridized carbons (Fsp3) is 0.143. The van der Waals surface area contributed by atoms with Crippen molar-refractivity contribution in [2.75, 3.05) is 0 Å². The molecule has 0 heterocycles. The van der Waals surface area contributed by atoms with Gasteiger partial charge in [-0.25, -0.2) is 4.39 Å². The number of hydrogen-bond donors (Lipinski definition) is 1. The number of aliphatic hydroxyl groups is 1. The first kappa shape index (κ1) is 15.0. The van der Waals surface area contributed by atoms with Crippen LogP contribution in [-0.4, -0.2) is 5.11 Å². The van der Waals surface area contributed by atoms with Gasteiger partial charge in [-0.2, -0.15) is 13.2 Å². The quantitative estimate of drug-likeness (QED) is 0.780. The summed E-state index contributed by atoms with van der Waals surface area (Å²) in [7, 11) is 0. The molecule has 1 N–H and O–H groups in total. The lowest BCUT2D eigenvalue weighted by Crippen LogP contribution is -2.13. The first-order chi connectivity index (χ1) is 9.30. The van der Waals surface area contributed by atoms with Crippen LogP contribution in [0.25, 0.3) is 0 Å². The molecule has 1 atom stereocenters. The van der Waals surface area contributed by atoms with Crippen molar-refractivity contribution < 1.29 is 22.7 Å². The minimum absolute atomic E-state index is 0.212. The Kier molecular flexibility index (Phi) is 4.15. The number of alkyl halides is 3. The van der Waals surface area contributed by atoms with Gasteiger partial charge in [-0.1, -0.05) is 34.1 Å². The van der Waals surface area contributed by atoms with E-state index in [1.165, 1.54) is 24.3 Å². The molecule has 0 radical (unpaired) electrons. The Hall–Kier alpha value is -1.40. The van der Waals surface area contributed by atoms with Gasteiger partial charge < -0.3 is 5.11 Å². The number of rotatable bonds is 2. The van der Waals surface area contributed by atoms with E-state index in [4.69, 9.17) is 0 Å². The van der Waals surface area contributed by atoms with Crippen LogP contribution in [0.4, 0.5) is 17.6 Å². The Morgan fingerprint density at radius 1 is 1.00 bits per heavy atom. The average molecular weight is 349 g/mol. The van der Waals surface area contributed by atoms with Gasteiger partial charge >= 0.3 is 6.18 Å². The number of aliphatic hydroxyl groups excluding tert-OH is 1. The summed E-state index contributed by atoms with van der Waals surface area (Å²) in [5.74, 6) is -0.766. The predicted molar refractivity (Wildman–Crippen MR) is 69.6 cm³/mol. The molecule has 0 saturated carbocycles. The topological polar surface area (TPSA) is 20.2 Å². The van der Waals surface area contributed by atoms with Gasteiger partial charge in [0.05, 0.1) is 5.56 Å². The fourth-order valence-corrected chi connectivity index (χ4v) is 2.26. The third-order valence-corrected chi connectivity index (χ3v) is 3.31. The summed E-state index contributed by atoms with van der Waals surface area (Å²) in [6.07, 6.45) is -6.30. The third kappa shape index (κ3) is 3.02. The minimum Gasteiger partial charge on any atom is -0.384 e. The number of hydrogen-bond acceptors (Lipinski definition) is 1. The summed E-state index contributed by atoms with van der Waals surface area (Å²) in [5.41, 5.74) is -1.57. The summed E-state index contributed by atoms with van der Waals surface area (Å²) in [4.78, 5) is 0. The van der Waals surface area contributed by atoms with Crippen molar-refractivity contribution >= 4 is 15.9 Å². The molecule has 1 nitrogen and oxygen atoms in total. The van der Waals surface area contributed by atoms with Gasteiger partial charge in [0.1, 0.15) is 11.9 Å². The van der Waals surface area contributed by atoms with E-state index in [1.54, 1.807) is 0 Å². The van der Waals surface area contributed by atoms with E-state index >= 15 is 0 Å². The molecule has 0 spiro atoms. The monoisotopic (exact) mass is 348 g/mol. The van der Waals surface area contributed by atoms with Crippen LogP contribution < -0.4 is 0 Å². The van der Waals surface area contributed by atoms with Gasteiger partial charge in [-0.15, -0.1) is 0 Å². The van der Waals surface area contributed by atoms with Crippen LogP contribution in [-0.2, 0) is 6.18 Å². The molecule has 0 aliphatic rings. The largest absolute Gasteiger partial charge is 0.416 e. The van der Waals surface area contributed by atoms with Gasteiger partial charge in [0.2, 0.25) is 0 Å². The first-order valence-electron chi connectivity index (χ1n) is 5.60. The fourth-order valence-electron chi connectivity index (χ4n) is 1.89. The molecular weight excluding hydrogens is 340 g/mol. The number of benzene rings is 2. The highest BCUT2D eigenvalue weighted by Gasteiger charge is 2.35. The molecule has 0 fully saturated rings. The Balaban J connectivity index is 2.54. The van der Waals surface area contributed by atoms with Crippen LogP contribution in [0.1, 0.15) is 22.8 Å². The van der Waals surface area contributed by atoms with E-state index in [2.05, 4.69) is 15.9 Å². The van der Waals surface area contributed by atoms with Gasteiger partial charge in [-0.05, 0) is 29.8 Å². The molecule has 2 aromatic rings. The van der Waals surface area contributed by atoms with E-state index < -0.39 is 23.7 Å². The van der Waals surface area contributed by atoms with Crippen molar-refractivity contribution in [3.05, 3.63) is 69.4 Å². The standard InChI is InChI=1S/C14H9BrF4O/c15-8-5-6-12(16)10(7-8)13(20)9-3-1-2-4-11(9)14(17,18)19/h1-7,13,20H. The molecule has 2 aromatic carbocycles. The highest BCUT2D eigenvalue weighted by molar-refractivity contribution is 9.10. The van der Waals surface area contributed by atoms with Crippen LogP contribution in [0.3, 0.4) is 0 Å². The molecule has 106 valence electrons. The zero-order chi connectivity index (χ0) is 14.9. The van der Waals surface area contributed by atoms with E-state index in [1.807, 2.05) is 0 Å². The zero-order valence-electron chi connectivity index (χ0n) is 9.96. The Morgan fingerprint density at radius 3 is 2.30 bits per heavy atom. The molecule has 2 rings (SSSR count). The van der Waals surface area contributed by atoms with Crippen LogP contribution in [0, 0.1) is 5.82 Å². The normalized spacial score (nSPS) is 13.3. The Labute approximate surface area is 121 Å². The molecule has 0 aliphatic carbocycles. The zero-order valence-corrected chi connectivity index (χ0v) is 11.5. The van der Waals surface area contributed by atoms with Crippen LogP contribution >= 0.6 is 15.9 Å². The minimum atomic E-state index is -4.61. The second-order valence-electron chi connectivity index (χ2n) is 4.15. The second kappa shape index (κ2) is 5.54. The Morgan fingerprint density at radius 2 is 1.65 bits per heavy atom. The highest BCUT2D eigenvalue weighted by atomic mass is 79.9. The summed E-state index contributed by atoms with van der Waals surface area (Å²) in [6, 6.07) is 8.31. The smallest absolute Gasteiger partial charge is 0.384 e. The van der Waals surface area contributed by atoms with Crippen LogP contribution in [0.5, 0.6) is 0 Å². The highest BCUT2D eigenvalue weighted by Crippen LogP contribution is 2.37. The molecule has 6 heteroatoms. The van der Waals surface area contributed by atoms with Gasteiger partial charge in [0, 0.05) is 10.0 Å². The summed E-state index contributed by atoms with van der Waals surface area (Å²) < 4.78 is 52.8. The van der Waals surface area contributed by atoms with Crippen molar-refractivity contribution in [2.24, 2.45) is 0 Å². The van der Waals surface area contributed by atoms with E-state index in [-0.39, 0.29) is 11.1 Å².